The molecule has 1 saturated heterocycles. The number of hydrogen-bond acceptors (Lipinski definition) is 4. The van der Waals surface area contributed by atoms with Crippen LogP contribution in [0.1, 0.15) is 38.5 Å². The van der Waals surface area contributed by atoms with Crippen molar-refractivity contribution in [2.45, 2.75) is 55.0 Å². The van der Waals surface area contributed by atoms with Crippen molar-refractivity contribution < 1.29 is 13.2 Å². The average molecular weight is 463 g/mol. The molecule has 1 saturated carbocycles. The van der Waals surface area contributed by atoms with Crippen molar-refractivity contribution in [3.05, 3.63) is 72.8 Å². The third-order valence-corrected chi connectivity index (χ3v) is 9.03. The van der Waals surface area contributed by atoms with E-state index in [1.165, 1.54) is 6.42 Å². The number of rotatable bonds is 6. The van der Waals surface area contributed by atoms with E-state index in [9.17, 15) is 13.2 Å². The first-order valence-electron chi connectivity index (χ1n) is 11.8. The van der Waals surface area contributed by atoms with Crippen molar-refractivity contribution in [1.29, 1.82) is 0 Å². The minimum absolute atomic E-state index is 0.0816. The first-order chi connectivity index (χ1) is 16.0. The van der Waals surface area contributed by atoms with Gasteiger partial charge in [0, 0.05) is 23.7 Å². The summed E-state index contributed by atoms with van der Waals surface area (Å²) in [5.74, 6) is -0.336. The quantitative estimate of drug-likeness (QED) is 0.558. The number of nitrogens with zero attached hydrogens (tertiary/aromatic N) is 1. The predicted octanol–water partition coefficient (Wildman–Crippen LogP) is 5.03. The number of benzene rings is 3. The number of carbonyl (C=O) groups is 1. The van der Waals surface area contributed by atoms with E-state index in [0.29, 0.717) is 13.0 Å². The number of anilines is 1. The van der Waals surface area contributed by atoms with Gasteiger partial charge in [0.15, 0.2) is 9.84 Å². The number of carbonyl (C=O) groups excluding carboxylic acids is 1. The van der Waals surface area contributed by atoms with Crippen molar-refractivity contribution in [3.8, 4) is 0 Å². The summed E-state index contributed by atoms with van der Waals surface area (Å²) in [6.45, 7) is 0.589. The highest BCUT2D eigenvalue weighted by Crippen LogP contribution is 2.37. The van der Waals surface area contributed by atoms with Gasteiger partial charge in [-0.2, -0.15) is 0 Å². The molecular formula is C27H30N2O3S. The van der Waals surface area contributed by atoms with Crippen LogP contribution < -0.4 is 5.32 Å². The summed E-state index contributed by atoms with van der Waals surface area (Å²) in [7, 11) is -3.67. The molecule has 0 aromatic heterocycles. The fourth-order valence-electron chi connectivity index (χ4n) is 5.45. The van der Waals surface area contributed by atoms with Crippen molar-refractivity contribution >= 4 is 32.2 Å². The Morgan fingerprint density at radius 3 is 2.36 bits per heavy atom. The maximum Gasteiger partial charge on any atom is 0.249 e. The van der Waals surface area contributed by atoms with Crippen LogP contribution in [0.25, 0.3) is 10.8 Å². The summed E-state index contributed by atoms with van der Waals surface area (Å²) < 4.78 is 26.9. The zero-order valence-electron chi connectivity index (χ0n) is 18.7. The molecule has 1 amide bonds. The molecule has 3 aromatic rings. The van der Waals surface area contributed by atoms with Crippen LogP contribution in [0.3, 0.4) is 0 Å². The van der Waals surface area contributed by atoms with Gasteiger partial charge in [-0.05, 0) is 42.8 Å². The second kappa shape index (κ2) is 8.82. The molecule has 2 fully saturated rings. The lowest BCUT2D eigenvalue weighted by Gasteiger charge is -2.34. The minimum Gasteiger partial charge on any atom is -0.370 e. The van der Waals surface area contributed by atoms with E-state index in [2.05, 4.69) is 5.32 Å². The lowest BCUT2D eigenvalue weighted by molar-refractivity contribution is -0.133. The van der Waals surface area contributed by atoms with Crippen LogP contribution in [0.4, 0.5) is 5.69 Å². The molecule has 172 valence electrons. The number of sulfone groups is 1. The minimum atomic E-state index is -3.67. The highest BCUT2D eigenvalue weighted by atomic mass is 32.2. The van der Waals surface area contributed by atoms with Crippen molar-refractivity contribution in [2.75, 3.05) is 17.6 Å². The van der Waals surface area contributed by atoms with Gasteiger partial charge in [-0.15, -0.1) is 0 Å². The summed E-state index contributed by atoms with van der Waals surface area (Å²) in [6, 6.07) is 22.6. The number of hydrogen-bond donors (Lipinski definition) is 1. The fourth-order valence-corrected chi connectivity index (χ4v) is 7.18. The summed E-state index contributed by atoms with van der Waals surface area (Å²) in [4.78, 5) is 16.2. The van der Waals surface area contributed by atoms with Gasteiger partial charge in [0.25, 0.3) is 0 Å². The number of nitrogens with one attached hydrogen (secondary N) is 1. The van der Waals surface area contributed by atoms with Crippen LogP contribution in [0.15, 0.2) is 77.7 Å². The monoisotopic (exact) mass is 462 g/mol. The molecule has 1 atom stereocenters. The molecule has 1 aliphatic carbocycles. The molecule has 3 aromatic carbocycles. The summed E-state index contributed by atoms with van der Waals surface area (Å²) in [5.41, 5.74) is -0.383. The molecule has 1 aliphatic heterocycles. The van der Waals surface area contributed by atoms with Gasteiger partial charge in [0.05, 0.1) is 10.6 Å². The molecule has 1 heterocycles. The second-order valence-electron chi connectivity index (χ2n) is 9.35. The lowest BCUT2D eigenvalue weighted by atomic mass is 9.94. The van der Waals surface area contributed by atoms with Gasteiger partial charge in [-0.3, -0.25) is 4.79 Å². The molecule has 6 heteroatoms. The molecular weight excluding hydrogens is 432 g/mol. The largest absolute Gasteiger partial charge is 0.370 e. The van der Waals surface area contributed by atoms with Gasteiger partial charge in [0.1, 0.15) is 5.54 Å². The molecule has 5 rings (SSSR count). The zero-order chi connectivity index (χ0) is 22.9. The Labute approximate surface area is 195 Å². The van der Waals surface area contributed by atoms with E-state index in [1.54, 1.807) is 30.3 Å². The van der Waals surface area contributed by atoms with E-state index < -0.39 is 15.4 Å². The third kappa shape index (κ3) is 4.24. The Bertz CT molecular complexity index is 1250. The van der Waals surface area contributed by atoms with Crippen LogP contribution in [0, 0.1) is 0 Å². The van der Waals surface area contributed by atoms with Gasteiger partial charge in [-0.25, -0.2) is 8.42 Å². The molecule has 5 nitrogen and oxygen atoms in total. The molecule has 33 heavy (non-hydrogen) atoms. The number of amides is 1. The maximum absolute atomic E-state index is 14.0. The highest BCUT2D eigenvalue weighted by Gasteiger charge is 2.51. The van der Waals surface area contributed by atoms with Crippen LogP contribution in [-0.4, -0.2) is 43.1 Å². The fraction of sp³-hybridized carbons (Fsp3) is 0.370. The van der Waals surface area contributed by atoms with Crippen molar-refractivity contribution in [2.24, 2.45) is 0 Å². The van der Waals surface area contributed by atoms with Gasteiger partial charge in [-0.1, -0.05) is 73.9 Å². The van der Waals surface area contributed by atoms with Crippen LogP contribution in [0.5, 0.6) is 0 Å². The second-order valence-corrected chi connectivity index (χ2v) is 11.3. The van der Waals surface area contributed by atoms with Gasteiger partial charge >= 0.3 is 0 Å². The topological polar surface area (TPSA) is 66.5 Å². The van der Waals surface area contributed by atoms with Gasteiger partial charge < -0.3 is 10.2 Å². The summed E-state index contributed by atoms with van der Waals surface area (Å²) in [5, 5.41) is 5.51. The lowest BCUT2D eigenvalue weighted by Crippen LogP contribution is -2.53. The summed E-state index contributed by atoms with van der Waals surface area (Å²) in [6.07, 6.45) is 5.93. The van der Waals surface area contributed by atoms with Crippen LogP contribution >= 0.6 is 0 Å². The van der Waals surface area contributed by atoms with Crippen molar-refractivity contribution in [3.63, 3.8) is 0 Å². The maximum atomic E-state index is 14.0. The highest BCUT2D eigenvalue weighted by molar-refractivity contribution is 7.91. The van der Waals surface area contributed by atoms with E-state index >= 15 is 0 Å². The zero-order valence-corrected chi connectivity index (χ0v) is 19.6. The standard InChI is InChI=1S/C27H30N2O3S/c30-26-27(18-19-29(26)22-12-3-1-4-13-22,20-33(31,32)23-14-5-2-6-15-23)28-25-17-9-11-21-10-7-8-16-24(21)25/h2,5-11,14-17,22,28H,1,3-4,12-13,18-20H2. The number of likely N-dealkylation sites (tertiary alicyclic amines) is 1. The van der Waals surface area contributed by atoms with E-state index in [-0.39, 0.29) is 22.6 Å². The van der Waals surface area contributed by atoms with Gasteiger partial charge in [0.2, 0.25) is 5.91 Å². The SMILES string of the molecule is O=C1N(C2CCCCC2)CCC1(CS(=O)(=O)c1ccccc1)Nc1cccc2ccccc12. The Kier molecular flexibility index (Phi) is 5.87. The Balaban J connectivity index is 1.54. The Hall–Kier alpha value is -2.86. The molecule has 2 aliphatic rings. The Morgan fingerprint density at radius 2 is 1.58 bits per heavy atom. The molecule has 0 bridgehead atoms. The van der Waals surface area contributed by atoms with E-state index in [0.717, 1.165) is 42.1 Å². The molecule has 1 unspecified atom stereocenters. The summed E-state index contributed by atoms with van der Waals surface area (Å²) >= 11 is 0. The first kappa shape index (κ1) is 22.0. The predicted molar refractivity (Wildman–Crippen MR) is 132 cm³/mol. The number of fused-ring (bicyclic) bond motifs is 1. The molecule has 1 N–H and O–H groups in total. The normalized spacial score (nSPS) is 22.1. The molecule has 0 spiro atoms. The molecule has 0 radical (unpaired) electrons. The van der Waals surface area contributed by atoms with E-state index in [4.69, 9.17) is 0 Å². The Morgan fingerprint density at radius 1 is 0.879 bits per heavy atom. The first-order valence-corrected chi connectivity index (χ1v) is 13.5. The smallest absolute Gasteiger partial charge is 0.249 e. The average Bonchev–Trinajstić information content (AvgIpc) is 3.15. The van der Waals surface area contributed by atoms with E-state index in [1.807, 2.05) is 47.4 Å². The van der Waals surface area contributed by atoms with Crippen molar-refractivity contribution in [1.82, 2.24) is 4.90 Å². The van der Waals surface area contributed by atoms with Crippen LogP contribution in [-0.2, 0) is 14.6 Å². The third-order valence-electron chi connectivity index (χ3n) is 7.17. The van der Waals surface area contributed by atoms with Crippen LogP contribution in [0.2, 0.25) is 0 Å².